The van der Waals surface area contributed by atoms with Crippen molar-refractivity contribution in [3.63, 3.8) is 0 Å². The number of hydrogen-bond acceptors (Lipinski definition) is 2. The molecule has 2 rings (SSSR count). The normalized spacial score (nSPS) is 10.6. The number of aromatic amines is 1. The number of aromatic carboxylic acids is 1. The van der Waals surface area contributed by atoms with Crippen LogP contribution in [-0.2, 0) is 7.05 Å². The highest BCUT2D eigenvalue weighted by molar-refractivity contribution is 5.93. The average Bonchev–Trinajstić information content (AvgIpc) is 2.56. The molecule has 2 N–H and O–H groups in total. The van der Waals surface area contributed by atoms with Crippen LogP contribution in [0.2, 0.25) is 0 Å². The molecule has 0 fully saturated rings. The zero-order chi connectivity index (χ0) is 10.3. The molecular formula is C9H8N2O3. The fraction of sp³-hybridized carbons (Fsp3) is 0.111. The number of carboxylic acids is 1. The highest BCUT2D eigenvalue weighted by Crippen LogP contribution is 2.10. The highest BCUT2D eigenvalue weighted by Gasteiger charge is 2.09. The molecule has 5 nitrogen and oxygen atoms in total. The minimum atomic E-state index is -1.07. The van der Waals surface area contributed by atoms with Crippen molar-refractivity contribution in [2.45, 2.75) is 0 Å². The number of pyridine rings is 1. The third-order valence-electron chi connectivity index (χ3n) is 2.09. The van der Waals surface area contributed by atoms with Gasteiger partial charge in [-0.3, -0.25) is 4.79 Å². The van der Waals surface area contributed by atoms with Crippen molar-refractivity contribution >= 4 is 16.9 Å². The molecule has 2 aromatic rings. The van der Waals surface area contributed by atoms with Crippen molar-refractivity contribution in [2.75, 3.05) is 0 Å². The fourth-order valence-electron chi connectivity index (χ4n) is 1.34. The summed E-state index contributed by atoms with van der Waals surface area (Å²) in [6.07, 6.45) is 1.59. The number of hydrogen-bond donors (Lipinski definition) is 2. The first-order valence-electron chi connectivity index (χ1n) is 4.01. The van der Waals surface area contributed by atoms with Crippen LogP contribution in [-0.4, -0.2) is 20.6 Å². The van der Waals surface area contributed by atoms with Gasteiger partial charge in [0.15, 0.2) is 0 Å². The molecule has 14 heavy (non-hydrogen) atoms. The molecule has 2 heterocycles. The third kappa shape index (κ3) is 1.10. The molecule has 0 bridgehead atoms. The van der Waals surface area contributed by atoms with E-state index in [1.54, 1.807) is 19.3 Å². The number of nitrogens with zero attached hydrogens (tertiary/aromatic N) is 1. The number of nitrogens with one attached hydrogen (secondary N) is 1. The molecular weight excluding hydrogens is 184 g/mol. The van der Waals surface area contributed by atoms with Crippen LogP contribution in [0, 0.1) is 0 Å². The maximum atomic E-state index is 11.5. The van der Waals surface area contributed by atoms with E-state index >= 15 is 0 Å². The Kier molecular flexibility index (Phi) is 1.67. The van der Waals surface area contributed by atoms with Gasteiger partial charge in [0.1, 0.15) is 5.69 Å². The molecule has 0 unspecified atom stereocenters. The first kappa shape index (κ1) is 8.55. The predicted octanol–water partition coefficient (Wildman–Crippen LogP) is 0.565. The second-order valence-electron chi connectivity index (χ2n) is 3.05. The number of aryl methyl sites for hydroxylation is 1. The van der Waals surface area contributed by atoms with E-state index in [9.17, 15) is 9.59 Å². The molecule has 5 heteroatoms. The SMILES string of the molecule is Cn1ccc2[nH]c(C(=O)O)cc2c1=O. The quantitative estimate of drug-likeness (QED) is 0.693. The Morgan fingerprint density at radius 3 is 2.93 bits per heavy atom. The van der Waals surface area contributed by atoms with Gasteiger partial charge in [0.25, 0.3) is 5.56 Å². The third-order valence-corrected chi connectivity index (χ3v) is 2.09. The monoisotopic (exact) mass is 192 g/mol. The van der Waals surface area contributed by atoms with Gasteiger partial charge in [-0.05, 0) is 12.1 Å². The van der Waals surface area contributed by atoms with Crippen molar-refractivity contribution in [1.29, 1.82) is 0 Å². The van der Waals surface area contributed by atoms with Crippen molar-refractivity contribution in [3.8, 4) is 0 Å². The lowest BCUT2D eigenvalue weighted by molar-refractivity contribution is 0.0691. The van der Waals surface area contributed by atoms with E-state index in [4.69, 9.17) is 5.11 Å². The largest absolute Gasteiger partial charge is 0.477 e. The van der Waals surface area contributed by atoms with Gasteiger partial charge < -0.3 is 14.7 Å². The van der Waals surface area contributed by atoms with Crippen molar-refractivity contribution < 1.29 is 9.90 Å². The molecule has 0 amide bonds. The molecule has 0 aliphatic heterocycles. The Bertz CT molecular complexity index is 565. The maximum absolute atomic E-state index is 11.5. The Balaban J connectivity index is 2.84. The van der Waals surface area contributed by atoms with E-state index in [0.717, 1.165) is 0 Å². The summed E-state index contributed by atoms with van der Waals surface area (Å²) in [5.74, 6) is -1.07. The summed E-state index contributed by atoms with van der Waals surface area (Å²) in [6, 6.07) is 3.02. The van der Waals surface area contributed by atoms with Crippen LogP contribution in [0.3, 0.4) is 0 Å². The zero-order valence-electron chi connectivity index (χ0n) is 7.44. The van der Waals surface area contributed by atoms with Gasteiger partial charge in [-0.25, -0.2) is 4.79 Å². The molecule has 0 saturated heterocycles. The standard InChI is InChI=1S/C9H8N2O3/c1-11-3-2-6-5(8(11)12)4-7(10-6)9(13)14/h2-4,10H,1H3,(H,13,14). The lowest BCUT2D eigenvalue weighted by atomic mass is 10.3. The Hall–Kier alpha value is -2.04. The molecule has 0 atom stereocenters. The van der Waals surface area contributed by atoms with E-state index in [0.29, 0.717) is 10.9 Å². The summed E-state index contributed by atoms with van der Waals surface area (Å²) in [6.45, 7) is 0. The Morgan fingerprint density at radius 1 is 1.57 bits per heavy atom. The highest BCUT2D eigenvalue weighted by atomic mass is 16.4. The summed E-state index contributed by atoms with van der Waals surface area (Å²) < 4.78 is 1.40. The van der Waals surface area contributed by atoms with Gasteiger partial charge in [0.2, 0.25) is 0 Å². The second-order valence-corrected chi connectivity index (χ2v) is 3.05. The van der Waals surface area contributed by atoms with Crippen molar-refractivity contribution in [2.24, 2.45) is 7.05 Å². The van der Waals surface area contributed by atoms with Gasteiger partial charge in [0, 0.05) is 13.2 Å². The lowest BCUT2D eigenvalue weighted by Gasteiger charge is -1.94. The van der Waals surface area contributed by atoms with Crippen LogP contribution < -0.4 is 5.56 Å². The number of carbonyl (C=O) groups is 1. The summed E-state index contributed by atoms with van der Waals surface area (Å²) in [5, 5.41) is 9.10. The predicted molar refractivity (Wildman–Crippen MR) is 50.5 cm³/mol. The van der Waals surface area contributed by atoms with E-state index in [2.05, 4.69) is 4.98 Å². The smallest absolute Gasteiger partial charge is 0.352 e. The van der Waals surface area contributed by atoms with Crippen LogP contribution in [0.15, 0.2) is 23.1 Å². The van der Waals surface area contributed by atoms with E-state index in [1.807, 2.05) is 0 Å². The Morgan fingerprint density at radius 2 is 2.29 bits per heavy atom. The molecule has 0 saturated carbocycles. The number of aromatic nitrogens is 2. The van der Waals surface area contributed by atoms with Crippen LogP contribution in [0.5, 0.6) is 0 Å². The molecule has 0 aliphatic carbocycles. The maximum Gasteiger partial charge on any atom is 0.352 e. The van der Waals surface area contributed by atoms with Crippen molar-refractivity contribution in [3.05, 3.63) is 34.4 Å². The van der Waals surface area contributed by atoms with Gasteiger partial charge in [-0.15, -0.1) is 0 Å². The molecule has 0 aliphatic rings. The van der Waals surface area contributed by atoms with E-state index < -0.39 is 5.97 Å². The minimum absolute atomic E-state index is 0.0308. The number of H-pyrrole nitrogens is 1. The van der Waals surface area contributed by atoms with Gasteiger partial charge >= 0.3 is 5.97 Å². The van der Waals surface area contributed by atoms with Crippen molar-refractivity contribution in [1.82, 2.24) is 9.55 Å². The Labute approximate surface area is 78.6 Å². The van der Waals surface area contributed by atoms with Crippen LogP contribution in [0.1, 0.15) is 10.5 Å². The summed E-state index contributed by atoms with van der Waals surface area (Å²) >= 11 is 0. The molecule has 0 radical (unpaired) electrons. The van der Waals surface area contributed by atoms with Crippen LogP contribution >= 0.6 is 0 Å². The first-order valence-corrected chi connectivity index (χ1v) is 4.01. The zero-order valence-corrected chi connectivity index (χ0v) is 7.44. The number of fused-ring (bicyclic) bond motifs is 1. The van der Waals surface area contributed by atoms with Crippen LogP contribution in [0.4, 0.5) is 0 Å². The van der Waals surface area contributed by atoms with Gasteiger partial charge in [0.05, 0.1) is 10.9 Å². The number of rotatable bonds is 1. The molecule has 2 aromatic heterocycles. The summed E-state index contributed by atoms with van der Waals surface area (Å²) in [5.41, 5.74) is 0.375. The molecule has 0 aromatic carbocycles. The van der Waals surface area contributed by atoms with E-state index in [1.165, 1.54) is 10.6 Å². The molecule has 0 spiro atoms. The van der Waals surface area contributed by atoms with Crippen LogP contribution in [0.25, 0.3) is 10.9 Å². The summed E-state index contributed by atoms with van der Waals surface area (Å²) in [4.78, 5) is 24.8. The minimum Gasteiger partial charge on any atom is -0.477 e. The number of carboxylic acid groups (broad SMARTS) is 1. The summed E-state index contributed by atoms with van der Waals surface area (Å²) in [7, 11) is 1.62. The average molecular weight is 192 g/mol. The van der Waals surface area contributed by atoms with Gasteiger partial charge in [-0.2, -0.15) is 0 Å². The van der Waals surface area contributed by atoms with E-state index in [-0.39, 0.29) is 11.3 Å². The first-order chi connectivity index (χ1) is 6.59. The topological polar surface area (TPSA) is 75.1 Å². The van der Waals surface area contributed by atoms with Gasteiger partial charge in [-0.1, -0.05) is 0 Å². The molecule has 72 valence electrons. The second kappa shape index (κ2) is 2.73. The fourth-order valence-corrected chi connectivity index (χ4v) is 1.34. The lowest BCUT2D eigenvalue weighted by Crippen LogP contribution is -2.14.